The summed E-state index contributed by atoms with van der Waals surface area (Å²) in [6, 6.07) is 6.58. The van der Waals surface area contributed by atoms with Crippen LogP contribution < -0.4 is 10.6 Å². The average Bonchev–Trinajstić information content (AvgIpc) is 3.59. The lowest BCUT2D eigenvalue weighted by Crippen LogP contribution is -2.58. The molecule has 4 atom stereocenters. The van der Waals surface area contributed by atoms with E-state index in [1.165, 1.54) is 4.90 Å². The van der Waals surface area contributed by atoms with E-state index in [1.54, 1.807) is 39.2 Å². The molecule has 0 bridgehead atoms. The van der Waals surface area contributed by atoms with Crippen molar-refractivity contribution in [3.63, 3.8) is 0 Å². The Kier molecular flexibility index (Phi) is 10.7. The van der Waals surface area contributed by atoms with E-state index in [4.69, 9.17) is 9.47 Å². The number of ether oxygens (including phenoxy) is 2. The van der Waals surface area contributed by atoms with Crippen molar-refractivity contribution in [2.45, 2.75) is 65.0 Å². The molecule has 3 N–H and O–H groups in total. The van der Waals surface area contributed by atoms with Crippen molar-refractivity contribution in [2.24, 2.45) is 5.41 Å². The van der Waals surface area contributed by atoms with Crippen molar-refractivity contribution < 1.29 is 29.0 Å². The Morgan fingerprint density at radius 1 is 1.21 bits per heavy atom. The van der Waals surface area contributed by atoms with Crippen LogP contribution in [0.3, 0.4) is 0 Å². The SMILES string of the molecule is COCCN1CCO[C@H](C(=O)N[C@@H](C)C(C)(C)C(=O)N2C[C@H](O)C[C@H]2C(=O)NCc2ccc(-c3scnc3C)cc2)C1. The minimum Gasteiger partial charge on any atom is -0.391 e. The molecule has 0 spiro atoms. The first-order valence-corrected chi connectivity index (χ1v) is 15.3. The van der Waals surface area contributed by atoms with Gasteiger partial charge in [0.1, 0.15) is 12.1 Å². The van der Waals surface area contributed by atoms with E-state index in [9.17, 15) is 19.5 Å². The fourth-order valence-corrected chi connectivity index (χ4v) is 6.09. The maximum absolute atomic E-state index is 13.8. The number of β-amino-alcohol motifs (C(OH)–C–C–N with tert-alkyl or cyclic N) is 1. The lowest BCUT2D eigenvalue weighted by atomic mass is 9.83. The summed E-state index contributed by atoms with van der Waals surface area (Å²) in [7, 11) is 1.64. The number of nitrogens with zero attached hydrogens (tertiary/aromatic N) is 3. The monoisotopic (exact) mass is 601 g/mol. The Bertz CT molecular complexity index is 1240. The number of amides is 3. The number of carbonyl (C=O) groups excluding carboxylic acids is 3. The average molecular weight is 602 g/mol. The normalized spacial score (nSPS) is 22.1. The fraction of sp³-hybridized carbons (Fsp3) is 0.600. The van der Waals surface area contributed by atoms with Gasteiger partial charge in [-0.2, -0.15) is 0 Å². The molecule has 11 nitrogen and oxygen atoms in total. The number of carbonyl (C=O) groups is 3. The number of rotatable bonds is 11. The standard InChI is InChI=1S/C30H43N5O6S/c1-19-26(42-18-32-19)22-8-6-21(7-9-22)15-31-27(37)24-14-23(36)16-35(24)29(39)30(3,4)20(2)33-28(38)25-17-34(10-12-40-5)11-13-41-25/h6-9,18,20,23-25,36H,10-17H2,1-5H3,(H,31,37)(H,33,38)/t20-,23+,24-,25-/m0/s1. The lowest BCUT2D eigenvalue weighted by molar-refractivity contribution is -0.148. The molecule has 12 heteroatoms. The molecular weight excluding hydrogens is 558 g/mol. The predicted octanol–water partition coefficient (Wildman–Crippen LogP) is 1.57. The van der Waals surface area contributed by atoms with Crippen LogP contribution in [0.5, 0.6) is 0 Å². The number of thiazole rings is 1. The quantitative estimate of drug-likeness (QED) is 0.354. The summed E-state index contributed by atoms with van der Waals surface area (Å²) in [5.41, 5.74) is 3.76. The summed E-state index contributed by atoms with van der Waals surface area (Å²) in [5, 5.41) is 16.3. The highest BCUT2D eigenvalue weighted by molar-refractivity contribution is 7.13. The van der Waals surface area contributed by atoms with Gasteiger partial charge in [0, 0.05) is 52.3 Å². The number of aliphatic hydroxyl groups excluding tert-OH is 1. The third-order valence-corrected chi connectivity index (χ3v) is 9.30. The smallest absolute Gasteiger partial charge is 0.250 e. The van der Waals surface area contributed by atoms with E-state index < -0.39 is 29.7 Å². The van der Waals surface area contributed by atoms with Gasteiger partial charge in [-0.15, -0.1) is 11.3 Å². The van der Waals surface area contributed by atoms with E-state index in [1.807, 2.05) is 36.7 Å². The zero-order valence-electron chi connectivity index (χ0n) is 25.1. The highest BCUT2D eigenvalue weighted by Gasteiger charge is 2.46. The number of morpholine rings is 1. The predicted molar refractivity (Wildman–Crippen MR) is 160 cm³/mol. The molecule has 0 saturated carbocycles. The van der Waals surface area contributed by atoms with Crippen LogP contribution in [0.2, 0.25) is 0 Å². The van der Waals surface area contributed by atoms with Gasteiger partial charge in [-0.05, 0) is 38.8 Å². The van der Waals surface area contributed by atoms with Crippen molar-refractivity contribution in [3.05, 3.63) is 41.0 Å². The molecule has 42 heavy (non-hydrogen) atoms. The largest absolute Gasteiger partial charge is 0.391 e. The second kappa shape index (κ2) is 14.0. The number of hydrogen-bond donors (Lipinski definition) is 3. The Morgan fingerprint density at radius 3 is 2.62 bits per heavy atom. The van der Waals surface area contributed by atoms with Crippen molar-refractivity contribution in [3.8, 4) is 10.4 Å². The summed E-state index contributed by atoms with van der Waals surface area (Å²) >= 11 is 1.59. The second-order valence-electron chi connectivity index (χ2n) is 11.6. The highest BCUT2D eigenvalue weighted by Crippen LogP contribution is 2.30. The van der Waals surface area contributed by atoms with E-state index >= 15 is 0 Å². The number of aromatic nitrogens is 1. The molecule has 2 saturated heterocycles. The van der Waals surface area contributed by atoms with Crippen LogP contribution in [0, 0.1) is 12.3 Å². The van der Waals surface area contributed by atoms with Gasteiger partial charge in [0.15, 0.2) is 0 Å². The molecule has 230 valence electrons. The van der Waals surface area contributed by atoms with Crippen LogP contribution in [0.15, 0.2) is 29.8 Å². The molecule has 0 aliphatic carbocycles. The lowest BCUT2D eigenvalue weighted by Gasteiger charge is -2.38. The second-order valence-corrected chi connectivity index (χ2v) is 12.5. The molecule has 3 amide bonds. The Hall–Kier alpha value is -2.90. The zero-order chi connectivity index (χ0) is 30.4. The molecule has 2 fully saturated rings. The van der Waals surface area contributed by atoms with E-state index in [2.05, 4.69) is 20.5 Å². The summed E-state index contributed by atoms with van der Waals surface area (Å²) in [5.74, 6) is -0.901. The molecule has 1 aromatic heterocycles. The van der Waals surface area contributed by atoms with Gasteiger partial charge in [-0.25, -0.2) is 4.98 Å². The number of hydrogen-bond acceptors (Lipinski definition) is 9. The highest BCUT2D eigenvalue weighted by atomic mass is 32.1. The van der Waals surface area contributed by atoms with Crippen LogP contribution in [0.4, 0.5) is 0 Å². The molecule has 3 heterocycles. The van der Waals surface area contributed by atoms with Gasteiger partial charge in [-0.3, -0.25) is 19.3 Å². The maximum Gasteiger partial charge on any atom is 0.250 e. The summed E-state index contributed by atoms with van der Waals surface area (Å²) < 4.78 is 10.8. The summed E-state index contributed by atoms with van der Waals surface area (Å²) in [4.78, 5) is 49.0. The molecular formula is C30H43N5O6S. The number of nitrogens with one attached hydrogen (secondary N) is 2. The van der Waals surface area contributed by atoms with E-state index in [0.29, 0.717) is 32.8 Å². The molecule has 0 unspecified atom stereocenters. The molecule has 2 aliphatic heterocycles. The topological polar surface area (TPSA) is 133 Å². The van der Waals surface area contributed by atoms with Crippen LogP contribution in [-0.2, 0) is 30.4 Å². The third kappa shape index (κ3) is 7.54. The number of aryl methyl sites for hydroxylation is 1. The van der Waals surface area contributed by atoms with Crippen LogP contribution in [0.25, 0.3) is 10.4 Å². The van der Waals surface area contributed by atoms with Gasteiger partial charge < -0.3 is 30.1 Å². The Labute approximate surface area is 251 Å². The van der Waals surface area contributed by atoms with Gasteiger partial charge in [0.2, 0.25) is 11.8 Å². The minimum atomic E-state index is -1.03. The molecule has 1 aromatic carbocycles. The molecule has 2 aromatic rings. The first-order valence-electron chi connectivity index (χ1n) is 14.4. The number of likely N-dealkylation sites (tertiary alicyclic amines) is 1. The minimum absolute atomic E-state index is 0.0596. The third-order valence-electron chi connectivity index (χ3n) is 8.32. The first kappa shape index (κ1) is 32.0. The number of benzene rings is 1. The van der Waals surface area contributed by atoms with Gasteiger partial charge in [0.25, 0.3) is 5.91 Å². The van der Waals surface area contributed by atoms with Crippen LogP contribution in [0.1, 0.15) is 38.4 Å². The van der Waals surface area contributed by atoms with E-state index in [0.717, 1.165) is 28.2 Å². The fourth-order valence-electron chi connectivity index (χ4n) is 5.27. The van der Waals surface area contributed by atoms with Gasteiger partial charge in [0.05, 0.1) is 40.8 Å². The molecule has 2 aliphatic rings. The van der Waals surface area contributed by atoms with Crippen LogP contribution >= 0.6 is 11.3 Å². The molecule has 0 radical (unpaired) electrons. The summed E-state index contributed by atoms with van der Waals surface area (Å²) in [6.07, 6.45) is -1.29. The van der Waals surface area contributed by atoms with Crippen molar-refractivity contribution in [1.82, 2.24) is 25.4 Å². The van der Waals surface area contributed by atoms with Crippen molar-refractivity contribution in [2.75, 3.05) is 46.5 Å². The number of methoxy groups -OCH3 is 1. The van der Waals surface area contributed by atoms with Crippen molar-refractivity contribution >= 4 is 29.1 Å². The van der Waals surface area contributed by atoms with Gasteiger partial charge in [-0.1, -0.05) is 24.3 Å². The van der Waals surface area contributed by atoms with Crippen molar-refractivity contribution in [1.29, 1.82) is 0 Å². The van der Waals surface area contributed by atoms with Gasteiger partial charge >= 0.3 is 0 Å². The number of aliphatic hydroxyl groups is 1. The molecule has 4 rings (SSSR count). The zero-order valence-corrected chi connectivity index (χ0v) is 25.9. The maximum atomic E-state index is 13.8. The first-order chi connectivity index (χ1) is 20.0. The van der Waals surface area contributed by atoms with Crippen LogP contribution in [-0.4, -0.2) is 108 Å². The Balaban J connectivity index is 1.34. The van der Waals surface area contributed by atoms with E-state index in [-0.39, 0.29) is 30.7 Å². The summed E-state index contributed by atoms with van der Waals surface area (Å²) in [6.45, 7) is 10.5. The Morgan fingerprint density at radius 2 is 1.95 bits per heavy atom.